The van der Waals surface area contributed by atoms with Crippen molar-refractivity contribution in [2.24, 2.45) is 5.92 Å². The first-order valence-corrected chi connectivity index (χ1v) is 29.1. The van der Waals surface area contributed by atoms with Crippen LogP contribution in [0.3, 0.4) is 0 Å². The molecule has 1 aliphatic carbocycles. The van der Waals surface area contributed by atoms with Crippen LogP contribution in [0, 0.1) is 5.92 Å². The number of piperazine rings is 1. The molecule has 8 heterocycles. The summed E-state index contributed by atoms with van der Waals surface area (Å²) in [5.74, 6) is 0.905. The number of rotatable bonds is 17. The van der Waals surface area contributed by atoms with Crippen LogP contribution in [0.2, 0.25) is 15.2 Å². The Hall–Kier alpha value is -6.93. The molecule has 13 rings (SSSR count). The zero-order valence-corrected chi connectivity index (χ0v) is 47.1. The van der Waals surface area contributed by atoms with Gasteiger partial charge in [0.05, 0.1) is 53.8 Å². The van der Waals surface area contributed by atoms with Crippen LogP contribution in [0.5, 0.6) is 11.8 Å². The van der Waals surface area contributed by atoms with Crippen LogP contribution in [-0.2, 0) is 20.9 Å². The van der Waals surface area contributed by atoms with Crippen LogP contribution in [0.15, 0.2) is 91.4 Å². The average Bonchev–Trinajstić information content (AvgIpc) is 3.84. The third kappa shape index (κ3) is 10.4. The van der Waals surface area contributed by atoms with Crippen molar-refractivity contribution < 1.29 is 28.9 Å². The summed E-state index contributed by atoms with van der Waals surface area (Å²) in [6.45, 7) is 7.09. The number of H-pyrrole nitrogens is 1. The predicted octanol–water partition coefficient (Wildman–Crippen LogP) is 10.1. The Morgan fingerprint density at radius 3 is 2.47 bits per heavy atom. The Morgan fingerprint density at radius 2 is 1.74 bits per heavy atom. The minimum Gasteiger partial charge on any atom is -0.486 e. The molecule has 0 spiro atoms. The van der Waals surface area contributed by atoms with E-state index in [1.165, 1.54) is 0 Å². The van der Waals surface area contributed by atoms with Gasteiger partial charge in [-0.2, -0.15) is 15.1 Å². The van der Waals surface area contributed by atoms with Crippen LogP contribution < -0.4 is 25.0 Å². The molecule has 8 aromatic rings. The third-order valence-electron chi connectivity index (χ3n) is 16.6. The number of fused-ring (bicyclic) bond motifs is 4. The van der Waals surface area contributed by atoms with Gasteiger partial charge in [0, 0.05) is 83.8 Å². The molecule has 5 unspecified atom stereocenters. The van der Waals surface area contributed by atoms with Crippen molar-refractivity contribution in [3.05, 3.63) is 123 Å². The molecule has 18 nitrogen and oxygen atoms in total. The molecule has 21 heteroatoms. The fourth-order valence-electron chi connectivity index (χ4n) is 12.3. The highest BCUT2D eigenvalue weighted by atomic mass is 35.5. The lowest BCUT2D eigenvalue weighted by Gasteiger charge is -2.31. The number of aliphatic hydroxyl groups is 1. The number of aliphatic hydroxyl groups excluding tert-OH is 1. The summed E-state index contributed by atoms with van der Waals surface area (Å²) in [6.07, 6.45) is 10.8. The van der Waals surface area contributed by atoms with Crippen LogP contribution in [0.4, 0.5) is 5.82 Å². The van der Waals surface area contributed by atoms with Crippen molar-refractivity contribution in [3.8, 4) is 45.3 Å². The summed E-state index contributed by atoms with van der Waals surface area (Å²) in [7, 11) is 0. The molecule has 5 fully saturated rings. The van der Waals surface area contributed by atoms with E-state index in [4.69, 9.17) is 59.0 Å². The van der Waals surface area contributed by atoms with E-state index in [9.17, 15) is 14.7 Å². The minimum atomic E-state index is -0.733. The van der Waals surface area contributed by atoms with Crippen LogP contribution in [0.1, 0.15) is 93.5 Å². The molecular weight excluding hydrogens is 1090 g/mol. The first-order valence-electron chi connectivity index (χ1n) is 28.0. The molecule has 4 aliphatic heterocycles. The third-order valence-corrected chi connectivity index (χ3v) is 17.7. The Bertz CT molecular complexity index is 3660. The highest BCUT2D eigenvalue weighted by Gasteiger charge is 2.42. The zero-order chi connectivity index (χ0) is 55.5. The molecule has 5 aliphatic rings. The topological polar surface area (TPSA) is 211 Å². The molecule has 4 N–H and O–H groups in total. The zero-order valence-electron chi connectivity index (χ0n) is 44.8. The molecule has 81 heavy (non-hydrogen) atoms. The van der Waals surface area contributed by atoms with E-state index < -0.39 is 18.1 Å². The van der Waals surface area contributed by atoms with E-state index in [0.29, 0.717) is 76.8 Å². The van der Waals surface area contributed by atoms with Gasteiger partial charge in [-0.05, 0) is 90.5 Å². The molecule has 0 radical (unpaired) electrons. The number of nitrogens with zero attached hydrogens (tertiary/aromatic N) is 9. The summed E-state index contributed by atoms with van der Waals surface area (Å²) in [6, 6.07) is 21.9. The van der Waals surface area contributed by atoms with Crippen molar-refractivity contribution in [2.45, 2.75) is 108 Å². The quantitative estimate of drug-likeness (QED) is 0.0626. The number of hydrogen-bond acceptors (Lipinski definition) is 14. The summed E-state index contributed by atoms with van der Waals surface area (Å²) < 4.78 is 21.1. The molecule has 2 bridgehead atoms. The molecule has 4 saturated heterocycles. The second-order valence-corrected chi connectivity index (χ2v) is 23.4. The first-order chi connectivity index (χ1) is 39.5. The van der Waals surface area contributed by atoms with Gasteiger partial charge in [-0.25, -0.2) is 9.67 Å². The number of ether oxygens (including phenoxy) is 3. The van der Waals surface area contributed by atoms with Crippen molar-refractivity contribution in [1.82, 2.24) is 55.7 Å². The van der Waals surface area contributed by atoms with Gasteiger partial charge in [0.2, 0.25) is 11.8 Å². The van der Waals surface area contributed by atoms with Crippen LogP contribution >= 0.6 is 34.8 Å². The number of nitrogens with one attached hydrogen (secondary N) is 3. The van der Waals surface area contributed by atoms with Gasteiger partial charge in [0.15, 0.2) is 5.75 Å². The maximum atomic E-state index is 14.6. The van der Waals surface area contributed by atoms with Crippen molar-refractivity contribution in [2.75, 3.05) is 44.4 Å². The summed E-state index contributed by atoms with van der Waals surface area (Å²) >= 11 is 20.6. The smallest absolute Gasteiger partial charge is 0.319 e. The number of carbonyl (C=O) groups is 2. The monoisotopic (exact) mass is 1150 g/mol. The number of amides is 2. The molecule has 4 aromatic heterocycles. The predicted molar refractivity (Wildman–Crippen MR) is 310 cm³/mol. The maximum Gasteiger partial charge on any atom is 0.319 e. The SMILES string of the molecule is CC(C)C(C(=O)N1CCCC1C(=O)NC(CO)c1ccc(-c2cccnc2Cl)cc1)n1cc(-c2ccc(COc3c(-c4c(Cl)c(Cl)cc5[nH]ncc45)c(C4CC4)cc4c(N5CC6CC5CN6)nc(OC5CCOCC5)nc34)cc2)nn1. The van der Waals surface area contributed by atoms with Crippen molar-refractivity contribution in [1.29, 1.82) is 0 Å². The molecular formula is C60H61Cl3N12O6. The van der Waals surface area contributed by atoms with Crippen LogP contribution in [-0.4, -0.2) is 126 Å². The second kappa shape index (κ2) is 22.4. The Balaban J connectivity index is 0.777. The standard InChI is InChI=1S/C60H61Cl3N12O6/c1-32(2)54(59(78)73-20-4-6-49(73)58(77)67-48(30-76)37-15-13-34(14-16-37)41-5-3-19-64-56(41)63)75-29-47(71-72-75)36-9-7-33(8-10-36)31-80-55-51(50-44-27-66-70-46(44)25-45(61)52(50)62)42(35-11-12-35)24-43-53(55)68-60(81-40-17-21-79-22-18-40)69-57(43)74-28-38-23-39(74)26-65-38/h3,5,7-10,13-16,19,24-25,27,29,32,35,38-40,48-49,54,65,76H,4,6,11-12,17-18,20-23,26,28,30-31H2,1-2H3,(H,66,70)(H,67,77). The molecule has 4 aromatic carbocycles. The van der Waals surface area contributed by atoms with E-state index in [2.05, 4.69) is 47.1 Å². The summed E-state index contributed by atoms with van der Waals surface area (Å²) in [5, 5.41) is 36.6. The Kier molecular flexibility index (Phi) is 14.8. The molecule has 418 valence electrons. The second-order valence-electron chi connectivity index (χ2n) is 22.3. The minimum absolute atomic E-state index is 0.0984. The summed E-state index contributed by atoms with van der Waals surface area (Å²) in [5.41, 5.74) is 8.62. The fourth-order valence-corrected chi connectivity index (χ4v) is 13.0. The van der Waals surface area contributed by atoms with E-state index in [-0.39, 0.29) is 49.0 Å². The van der Waals surface area contributed by atoms with Gasteiger partial charge in [-0.1, -0.05) is 102 Å². The number of benzene rings is 4. The van der Waals surface area contributed by atoms with Crippen molar-refractivity contribution >= 4 is 74.2 Å². The van der Waals surface area contributed by atoms with Gasteiger partial charge in [0.25, 0.3) is 0 Å². The maximum absolute atomic E-state index is 14.6. The number of aromatic amines is 1. The molecule has 1 saturated carbocycles. The van der Waals surface area contributed by atoms with Gasteiger partial charge in [-0.15, -0.1) is 5.10 Å². The number of aromatic nitrogens is 8. The van der Waals surface area contributed by atoms with Gasteiger partial charge < -0.3 is 39.8 Å². The number of likely N-dealkylation sites (tertiary alicyclic amines) is 1. The van der Waals surface area contributed by atoms with Crippen LogP contribution in [0.25, 0.3) is 55.3 Å². The van der Waals surface area contributed by atoms with Crippen molar-refractivity contribution in [3.63, 3.8) is 0 Å². The lowest BCUT2D eigenvalue weighted by molar-refractivity contribution is -0.142. The Labute approximate surface area is 482 Å². The number of carbonyl (C=O) groups excluding carboxylic acids is 2. The van der Waals surface area contributed by atoms with E-state index >= 15 is 0 Å². The normalized spacial score (nSPS) is 20.0. The number of pyridine rings is 1. The highest BCUT2D eigenvalue weighted by molar-refractivity contribution is 6.45. The lowest BCUT2D eigenvalue weighted by atomic mass is 9.91. The number of hydrogen-bond donors (Lipinski definition) is 4. The number of anilines is 1. The Morgan fingerprint density at radius 1 is 0.938 bits per heavy atom. The van der Waals surface area contributed by atoms with Gasteiger partial charge in [-0.3, -0.25) is 14.7 Å². The highest BCUT2D eigenvalue weighted by Crippen LogP contribution is 2.55. The largest absolute Gasteiger partial charge is 0.486 e. The molecule has 5 atom stereocenters. The van der Waals surface area contributed by atoms with E-state index in [1.54, 1.807) is 34.2 Å². The van der Waals surface area contributed by atoms with E-state index in [0.717, 1.165) is 112 Å². The summed E-state index contributed by atoms with van der Waals surface area (Å²) in [4.78, 5) is 47.3. The van der Waals surface area contributed by atoms with E-state index in [1.807, 2.05) is 74.5 Å². The van der Waals surface area contributed by atoms with Gasteiger partial charge in [0.1, 0.15) is 47.0 Å². The van der Waals surface area contributed by atoms with Gasteiger partial charge >= 0.3 is 6.01 Å². The lowest BCUT2D eigenvalue weighted by Crippen LogP contribution is -2.50. The first kappa shape index (κ1) is 53.4. The number of halogens is 3. The molecule has 2 amide bonds. The average molecular weight is 1150 g/mol. The fraction of sp³-hybridized carbons (Fsp3) is 0.400.